The number of carbonyl (C=O) groups is 1. The molecule has 0 heterocycles. The van der Waals surface area contributed by atoms with Crippen LogP contribution in [0.5, 0.6) is 0 Å². The van der Waals surface area contributed by atoms with Gasteiger partial charge >= 0.3 is 55.4 Å². The summed E-state index contributed by atoms with van der Waals surface area (Å²) >= 11 is 4.74. The Morgan fingerprint density at radius 1 is 1.70 bits per heavy atom. The molecule has 0 rings (SSSR count). The molecule has 10 heavy (non-hydrogen) atoms. The molecule has 0 radical (unpaired) electrons. The van der Waals surface area contributed by atoms with Gasteiger partial charge in [-0.3, -0.25) is 4.79 Å². The second-order valence-electron chi connectivity index (χ2n) is 1.59. The van der Waals surface area contributed by atoms with Crippen molar-refractivity contribution in [2.24, 2.45) is 0 Å². The predicted octanol–water partition coefficient (Wildman–Crippen LogP) is 2.81. The molecule has 0 aromatic heterocycles. The third kappa shape index (κ3) is 22.8. The molecule has 0 aliphatic rings. The first kappa shape index (κ1) is 13.8. The van der Waals surface area contributed by atoms with E-state index in [-0.39, 0.29) is 6.42 Å². The van der Waals surface area contributed by atoms with E-state index in [1.807, 2.05) is 0 Å². The number of rotatable bonds is 2. The minimum absolute atomic E-state index is 0.0833. The molecule has 0 aliphatic heterocycles. The van der Waals surface area contributed by atoms with Crippen LogP contribution in [0.15, 0.2) is 12.2 Å². The molecule has 2 nitrogen and oxygen atoms in total. The van der Waals surface area contributed by atoms with Crippen molar-refractivity contribution in [3.63, 3.8) is 0 Å². The van der Waals surface area contributed by atoms with Gasteiger partial charge in [-0.05, 0) is 6.92 Å². The van der Waals surface area contributed by atoms with Crippen molar-refractivity contribution >= 4 is 45.9 Å². The second-order valence-corrected chi connectivity index (χ2v) is 13.4. The SMILES string of the molecule is C=C(C)CC(=O)O.[I][V][I]. The van der Waals surface area contributed by atoms with E-state index in [2.05, 4.69) is 46.5 Å². The van der Waals surface area contributed by atoms with Gasteiger partial charge in [-0.25, -0.2) is 0 Å². The molecule has 0 saturated heterocycles. The first-order valence-electron chi connectivity index (χ1n) is 2.33. The number of hydrogen-bond donors (Lipinski definition) is 1. The monoisotopic (exact) mass is 405 g/mol. The minimum atomic E-state index is -0.812. The molecule has 0 spiro atoms. The fourth-order valence-corrected chi connectivity index (χ4v) is 0.258. The summed E-state index contributed by atoms with van der Waals surface area (Å²) in [6.07, 6.45) is 0.0833. The van der Waals surface area contributed by atoms with Crippen molar-refractivity contribution in [2.45, 2.75) is 13.3 Å². The molecule has 0 aromatic carbocycles. The molecule has 0 aromatic rings. The topological polar surface area (TPSA) is 37.3 Å². The van der Waals surface area contributed by atoms with Crippen molar-refractivity contribution in [3.05, 3.63) is 12.2 Å². The summed E-state index contributed by atoms with van der Waals surface area (Å²) in [5.41, 5.74) is 0.688. The average Bonchev–Trinajstić information content (AvgIpc) is 1.62. The molecular weight excluding hydrogens is 397 g/mol. The molecule has 0 unspecified atom stereocenters. The zero-order chi connectivity index (χ0) is 8.57. The van der Waals surface area contributed by atoms with Gasteiger partial charge in [0.1, 0.15) is 0 Å². The van der Waals surface area contributed by atoms with Crippen LogP contribution in [-0.2, 0) is 14.3 Å². The van der Waals surface area contributed by atoms with Crippen LogP contribution >= 0.6 is 40.0 Å². The zero-order valence-corrected chi connectivity index (χ0v) is 11.2. The average molecular weight is 405 g/mol. The van der Waals surface area contributed by atoms with Gasteiger partial charge < -0.3 is 5.11 Å². The normalized spacial score (nSPS) is 7.10. The van der Waals surface area contributed by atoms with E-state index in [1.54, 1.807) is 6.92 Å². The van der Waals surface area contributed by atoms with Crippen LogP contribution in [0.25, 0.3) is 0 Å². The quantitative estimate of drug-likeness (QED) is 0.567. The van der Waals surface area contributed by atoms with Gasteiger partial charge in [-0.2, -0.15) is 0 Å². The number of hydrogen-bond acceptors (Lipinski definition) is 1. The van der Waals surface area contributed by atoms with Gasteiger partial charge in [0.15, 0.2) is 0 Å². The summed E-state index contributed by atoms with van der Waals surface area (Å²) in [5, 5.41) is 8.02. The maximum atomic E-state index is 9.75. The van der Waals surface area contributed by atoms with Crippen LogP contribution < -0.4 is 0 Å². The summed E-state index contributed by atoms with van der Waals surface area (Å²) < 4.78 is 0. The third-order valence-electron chi connectivity index (χ3n) is 0.453. The molecular formula is C5H8I2O2V. The molecule has 0 atom stereocenters. The van der Waals surface area contributed by atoms with Crippen molar-refractivity contribution in [1.29, 1.82) is 0 Å². The van der Waals surface area contributed by atoms with E-state index in [0.717, 1.165) is 0 Å². The molecule has 0 aliphatic carbocycles. The fourth-order valence-electron chi connectivity index (χ4n) is 0.258. The summed E-state index contributed by atoms with van der Waals surface area (Å²) in [4.78, 5) is 9.75. The van der Waals surface area contributed by atoms with E-state index >= 15 is 0 Å². The van der Waals surface area contributed by atoms with Crippen LogP contribution in [0.2, 0.25) is 0 Å². The summed E-state index contributed by atoms with van der Waals surface area (Å²) in [6, 6.07) is 0. The number of aliphatic carboxylic acids is 1. The van der Waals surface area contributed by atoms with Crippen molar-refractivity contribution in [3.8, 4) is 0 Å². The number of carboxylic acids is 1. The Hall–Kier alpha value is 1.25. The molecule has 1 N–H and O–H groups in total. The Labute approximate surface area is 89.7 Å². The van der Waals surface area contributed by atoms with E-state index in [0.29, 0.717) is 15.0 Å². The summed E-state index contributed by atoms with van der Waals surface area (Å²) in [6.45, 7) is 5.10. The molecule has 5 heteroatoms. The summed E-state index contributed by atoms with van der Waals surface area (Å²) in [5.74, 6) is -0.812. The van der Waals surface area contributed by atoms with Crippen LogP contribution in [0.1, 0.15) is 13.3 Å². The van der Waals surface area contributed by atoms with Gasteiger partial charge in [0.25, 0.3) is 0 Å². The van der Waals surface area contributed by atoms with Gasteiger partial charge in [0.05, 0.1) is 6.42 Å². The van der Waals surface area contributed by atoms with Gasteiger partial charge in [0, 0.05) is 0 Å². The fraction of sp³-hybridized carbons (Fsp3) is 0.400. The Bertz CT molecular complexity index is 104. The van der Waals surface area contributed by atoms with Crippen LogP contribution in [0, 0.1) is 0 Å². The number of carboxylic acid groups (broad SMARTS) is 1. The molecule has 0 saturated carbocycles. The predicted molar refractivity (Wildman–Crippen MR) is 55.1 cm³/mol. The van der Waals surface area contributed by atoms with Gasteiger partial charge in [-0.1, -0.05) is 12.2 Å². The second kappa shape index (κ2) is 10.3. The van der Waals surface area contributed by atoms with Gasteiger partial charge in [-0.15, -0.1) is 0 Å². The van der Waals surface area contributed by atoms with E-state index in [9.17, 15) is 4.79 Å². The zero-order valence-electron chi connectivity index (χ0n) is 5.47. The van der Waals surface area contributed by atoms with E-state index < -0.39 is 5.97 Å². The summed E-state index contributed by atoms with van der Waals surface area (Å²) in [7, 11) is 0.628. The van der Waals surface area contributed by atoms with Crippen LogP contribution in [0.3, 0.4) is 0 Å². The Balaban J connectivity index is 0. The maximum absolute atomic E-state index is 9.75. The van der Waals surface area contributed by atoms with E-state index in [1.165, 1.54) is 0 Å². The third-order valence-corrected chi connectivity index (χ3v) is 0.453. The van der Waals surface area contributed by atoms with Crippen molar-refractivity contribution in [2.75, 3.05) is 0 Å². The molecule has 0 amide bonds. The first-order valence-corrected chi connectivity index (χ1v) is 11.3. The number of halogens is 2. The van der Waals surface area contributed by atoms with Crippen molar-refractivity contribution < 1.29 is 19.4 Å². The van der Waals surface area contributed by atoms with Crippen molar-refractivity contribution in [1.82, 2.24) is 0 Å². The molecule has 0 bridgehead atoms. The van der Waals surface area contributed by atoms with E-state index in [4.69, 9.17) is 5.11 Å². The Morgan fingerprint density at radius 2 is 2.00 bits per heavy atom. The van der Waals surface area contributed by atoms with Gasteiger partial charge in [0.2, 0.25) is 0 Å². The molecule has 0 fully saturated rings. The standard InChI is InChI=1S/C5H8O2.2HI.V/c1-4(2)3-5(6)7;;;/h1,3H2,2H3,(H,6,7);2*1H;/q;;;+2/p-2. The molecule has 59 valence electrons. The Kier molecular flexibility index (Phi) is 14.2. The van der Waals surface area contributed by atoms with Crippen LogP contribution in [0.4, 0.5) is 0 Å². The first-order chi connectivity index (χ1) is 4.54. The van der Waals surface area contributed by atoms with Crippen LogP contribution in [-0.4, -0.2) is 11.1 Å². The Morgan fingerprint density at radius 3 is 2.00 bits per heavy atom.